The monoisotopic (exact) mass is 137 g/mol. The van der Waals surface area contributed by atoms with Crippen molar-refractivity contribution in [3.63, 3.8) is 0 Å². The van der Waals surface area contributed by atoms with E-state index in [-0.39, 0.29) is 29.6 Å². The normalized spacial score (nSPS) is 25.0. The summed E-state index contributed by atoms with van der Waals surface area (Å²) in [5.74, 6) is -2.25. The molecule has 0 saturated heterocycles. The average Bonchev–Trinajstić information content (AvgIpc) is 1.76. The SMILES string of the molecule is FC1(F)CC1.[Co]. The van der Waals surface area contributed by atoms with Crippen molar-refractivity contribution in [1.82, 2.24) is 0 Å². The first-order valence-corrected chi connectivity index (χ1v) is 1.59. The van der Waals surface area contributed by atoms with E-state index in [9.17, 15) is 8.78 Å². The topological polar surface area (TPSA) is 0 Å². The Balaban J connectivity index is 0.000000250. The molecule has 1 aliphatic rings. The predicted molar refractivity (Wildman–Crippen MR) is 14.2 cm³/mol. The smallest absolute Gasteiger partial charge is 0.207 e. The van der Waals surface area contributed by atoms with Gasteiger partial charge in [0.05, 0.1) is 0 Å². The van der Waals surface area contributed by atoms with Crippen LogP contribution in [-0.4, -0.2) is 5.92 Å². The molecule has 0 aromatic carbocycles. The number of halogens is 2. The van der Waals surface area contributed by atoms with Crippen LogP contribution in [-0.2, 0) is 16.8 Å². The molecule has 0 unspecified atom stereocenters. The minimum Gasteiger partial charge on any atom is -0.207 e. The van der Waals surface area contributed by atoms with E-state index in [1.165, 1.54) is 0 Å². The summed E-state index contributed by atoms with van der Waals surface area (Å²) in [5, 5.41) is 0. The minimum atomic E-state index is -2.25. The van der Waals surface area contributed by atoms with Gasteiger partial charge in [-0.2, -0.15) is 0 Å². The van der Waals surface area contributed by atoms with E-state index < -0.39 is 5.92 Å². The Labute approximate surface area is 45.1 Å². The van der Waals surface area contributed by atoms with E-state index in [0.717, 1.165) is 0 Å². The maximum absolute atomic E-state index is 11.1. The molecular formula is C3H4CoF2. The third kappa shape index (κ3) is 1.72. The molecular weight excluding hydrogens is 133 g/mol. The fourth-order valence-corrected chi connectivity index (χ4v) is 0.0945. The fraction of sp³-hybridized carbons (Fsp3) is 1.00. The number of hydrogen-bond donors (Lipinski definition) is 0. The van der Waals surface area contributed by atoms with Crippen molar-refractivity contribution in [2.75, 3.05) is 0 Å². The fourth-order valence-electron chi connectivity index (χ4n) is 0.0945. The van der Waals surface area contributed by atoms with Gasteiger partial charge in [0.2, 0.25) is 5.92 Å². The van der Waals surface area contributed by atoms with E-state index in [2.05, 4.69) is 0 Å². The first-order chi connectivity index (χ1) is 2.21. The van der Waals surface area contributed by atoms with Crippen LogP contribution >= 0.6 is 0 Å². The summed E-state index contributed by atoms with van der Waals surface area (Å²) in [7, 11) is 0. The quantitative estimate of drug-likeness (QED) is 0.473. The summed E-state index contributed by atoms with van der Waals surface area (Å²) in [4.78, 5) is 0. The van der Waals surface area contributed by atoms with Gasteiger partial charge < -0.3 is 0 Å². The van der Waals surface area contributed by atoms with Crippen LogP contribution in [0.3, 0.4) is 0 Å². The molecule has 1 fully saturated rings. The average molecular weight is 137 g/mol. The molecule has 0 aliphatic heterocycles. The van der Waals surface area contributed by atoms with Gasteiger partial charge in [-0.05, 0) is 0 Å². The van der Waals surface area contributed by atoms with Crippen LogP contribution in [0.5, 0.6) is 0 Å². The van der Waals surface area contributed by atoms with Gasteiger partial charge in [-0.3, -0.25) is 0 Å². The van der Waals surface area contributed by atoms with Gasteiger partial charge in [-0.15, -0.1) is 0 Å². The maximum Gasteiger partial charge on any atom is 0.248 e. The van der Waals surface area contributed by atoms with Gasteiger partial charge in [0.1, 0.15) is 0 Å². The molecule has 0 nitrogen and oxygen atoms in total. The zero-order valence-electron chi connectivity index (χ0n) is 3.00. The Morgan fingerprint density at radius 2 is 1.33 bits per heavy atom. The van der Waals surface area contributed by atoms with Crippen LogP contribution in [0.4, 0.5) is 8.78 Å². The van der Waals surface area contributed by atoms with Crippen molar-refractivity contribution in [1.29, 1.82) is 0 Å². The van der Waals surface area contributed by atoms with Crippen molar-refractivity contribution in [2.24, 2.45) is 0 Å². The first-order valence-electron chi connectivity index (χ1n) is 1.59. The summed E-state index contributed by atoms with van der Waals surface area (Å²) >= 11 is 0. The molecule has 0 heterocycles. The number of alkyl halides is 2. The predicted octanol–water partition coefficient (Wildman–Crippen LogP) is 1.41. The van der Waals surface area contributed by atoms with E-state index in [1.54, 1.807) is 0 Å². The molecule has 1 radical (unpaired) electrons. The van der Waals surface area contributed by atoms with E-state index in [0.29, 0.717) is 0 Å². The molecule has 0 N–H and O–H groups in total. The van der Waals surface area contributed by atoms with Gasteiger partial charge >= 0.3 is 0 Å². The van der Waals surface area contributed by atoms with Gasteiger partial charge in [-0.1, -0.05) is 0 Å². The Kier molecular flexibility index (Phi) is 1.55. The second kappa shape index (κ2) is 1.46. The third-order valence-corrected chi connectivity index (χ3v) is 0.628. The van der Waals surface area contributed by atoms with Gasteiger partial charge in [0.15, 0.2) is 0 Å². The third-order valence-electron chi connectivity index (χ3n) is 0.628. The van der Waals surface area contributed by atoms with Gasteiger partial charge in [0.25, 0.3) is 0 Å². The molecule has 1 rings (SSSR count). The van der Waals surface area contributed by atoms with Crippen LogP contribution in [0.2, 0.25) is 0 Å². The number of rotatable bonds is 0. The van der Waals surface area contributed by atoms with Crippen LogP contribution in [0.25, 0.3) is 0 Å². The Morgan fingerprint density at radius 3 is 1.33 bits per heavy atom. The van der Waals surface area contributed by atoms with Crippen molar-refractivity contribution in [3.05, 3.63) is 0 Å². The molecule has 0 atom stereocenters. The molecule has 0 bridgehead atoms. The second-order valence-corrected chi connectivity index (χ2v) is 1.36. The first kappa shape index (κ1) is 6.37. The second-order valence-electron chi connectivity index (χ2n) is 1.36. The van der Waals surface area contributed by atoms with Crippen molar-refractivity contribution in [2.45, 2.75) is 18.8 Å². The Morgan fingerprint density at radius 1 is 1.17 bits per heavy atom. The van der Waals surface area contributed by atoms with Crippen molar-refractivity contribution in [3.8, 4) is 0 Å². The molecule has 0 aromatic rings. The summed E-state index contributed by atoms with van der Waals surface area (Å²) in [5.41, 5.74) is 0. The minimum absolute atomic E-state index is 0. The zero-order valence-corrected chi connectivity index (χ0v) is 4.04. The summed E-state index contributed by atoms with van der Waals surface area (Å²) in [6.07, 6.45) is 0.236. The molecule has 0 aromatic heterocycles. The molecule has 1 aliphatic carbocycles. The van der Waals surface area contributed by atoms with Crippen LogP contribution < -0.4 is 0 Å². The van der Waals surface area contributed by atoms with Gasteiger partial charge in [-0.25, -0.2) is 8.78 Å². The Bertz CT molecular complexity index is 46.8. The standard InChI is InChI=1S/C3H4F2.Co/c4-3(5)1-2-3;/h1-2H2;. The van der Waals surface area contributed by atoms with Crippen molar-refractivity contribution < 1.29 is 25.6 Å². The molecule has 1 saturated carbocycles. The largest absolute Gasteiger partial charge is 0.248 e. The molecule has 0 spiro atoms. The molecule has 3 heteroatoms. The Hall–Kier alpha value is 0.366. The van der Waals surface area contributed by atoms with Crippen LogP contribution in [0.1, 0.15) is 12.8 Å². The van der Waals surface area contributed by atoms with Crippen LogP contribution in [0.15, 0.2) is 0 Å². The van der Waals surface area contributed by atoms with E-state index in [4.69, 9.17) is 0 Å². The molecule has 0 amide bonds. The molecule has 6 heavy (non-hydrogen) atoms. The molecule has 39 valence electrons. The van der Waals surface area contributed by atoms with Crippen LogP contribution in [0, 0.1) is 0 Å². The van der Waals surface area contributed by atoms with Gasteiger partial charge in [0, 0.05) is 29.6 Å². The maximum atomic E-state index is 11.1. The number of hydrogen-bond acceptors (Lipinski definition) is 0. The van der Waals surface area contributed by atoms with E-state index >= 15 is 0 Å². The van der Waals surface area contributed by atoms with Crippen molar-refractivity contribution >= 4 is 0 Å². The summed E-state index contributed by atoms with van der Waals surface area (Å²) in [6.45, 7) is 0. The summed E-state index contributed by atoms with van der Waals surface area (Å²) in [6, 6.07) is 0. The van der Waals surface area contributed by atoms with E-state index in [1.807, 2.05) is 0 Å². The summed E-state index contributed by atoms with van der Waals surface area (Å²) < 4.78 is 22.3. The zero-order chi connectivity index (χ0) is 3.91.